The van der Waals surface area contributed by atoms with Gasteiger partial charge in [0, 0.05) is 6.20 Å². The van der Waals surface area contributed by atoms with Gasteiger partial charge in [-0.15, -0.1) is 6.42 Å². The number of halogens is 2. The highest BCUT2D eigenvalue weighted by Crippen LogP contribution is 2.24. The number of rotatable bonds is 2. The minimum Gasteiger partial charge on any atom is -0.464 e. The van der Waals surface area contributed by atoms with Crippen molar-refractivity contribution in [1.82, 2.24) is 4.98 Å². The molecule has 0 fully saturated rings. The van der Waals surface area contributed by atoms with Crippen LogP contribution >= 0.6 is 27.5 Å². The summed E-state index contributed by atoms with van der Waals surface area (Å²) < 4.78 is 5.79. The summed E-state index contributed by atoms with van der Waals surface area (Å²) in [6.45, 7) is 0.202. The lowest BCUT2D eigenvalue weighted by Crippen LogP contribution is -1.96. The summed E-state index contributed by atoms with van der Waals surface area (Å²) in [6.07, 6.45) is 6.51. The highest BCUT2D eigenvalue weighted by Gasteiger charge is 2.01. The van der Waals surface area contributed by atoms with Crippen molar-refractivity contribution in [3.8, 4) is 18.2 Å². The van der Waals surface area contributed by atoms with Crippen molar-refractivity contribution >= 4 is 27.5 Å². The quantitative estimate of drug-likeness (QED) is 0.748. The van der Waals surface area contributed by atoms with Crippen LogP contribution in [0.15, 0.2) is 16.7 Å². The van der Waals surface area contributed by atoms with Crippen LogP contribution in [0.3, 0.4) is 0 Å². The van der Waals surface area contributed by atoms with E-state index in [1.807, 2.05) is 0 Å². The van der Waals surface area contributed by atoms with Crippen molar-refractivity contribution in [3.05, 3.63) is 21.8 Å². The molecule has 1 rings (SSSR count). The smallest absolute Gasteiger partial charge is 0.229 e. The van der Waals surface area contributed by atoms with E-state index >= 15 is 0 Å². The normalized spacial score (nSPS) is 9.08. The van der Waals surface area contributed by atoms with Gasteiger partial charge in [0.15, 0.2) is 6.61 Å². The number of terminal acetylenes is 1. The van der Waals surface area contributed by atoms with Crippen LogP contribution in [0.1, 0.15) is 0 Å². The molecule has 0 saturated heterocycles. The second-order valence-corrected chi connectivity index (χ2v) is 3.22. The summed E-state index contributed by atoms with van der Waals surface area (Å²) in [6, 6.07) is 1.69. The molecule has 0 aliphatic rings. The van der Waals surface area contributed by atoms with Gasteiger partial charge in [-0.1, -0.05) is 17.5 Å². The van der Waals surface area contributed by atoms with Crippen molar-refractivity contribution in [3.63, 3.8) is 0 Å². The Kier molecular flexibility index (Phi) is 3.39. The molecule has 1 heterocycles. The maximum atomic E-state index is 5.66. The Balaban J connectivity index is 2.81. The third kappa shape index (κ3) is 2.40. The summed E-state index contributed by atoms with van der Waals surface area (Å²) in [4.78, 5) is 3.92. The first-order chi connectivity index (χ1) is 5.74. The zero-order chi connectivity index (χ0) is 8.97. The SMILES string of the molecule is C#CCOc1ncc(Cl)cc1Br. The molecule has 0 atom stereocenters. The molecule has 12 heavy (non-hydrogen) atoms. The molecule has 0 saturated carbocycles. The van der Waals surface area contributed by atoms with Crippen LogP contribution in [0.5, 0.6) is 5.88 Å². The summed E-state index contributed by atoms with van der Waals surface area (Å²) in [5, 5.41) is 0.551. The largest absolute Gasteiger partial charge is 0.464 e. The zero-order valence-electron chi connectivity index (χ0n) is 6.05. The predicted molar refractivity (Wildman–Crippen MR) is 51.3 cm³/mol. The average molecular weight is 246 g/mol. The summed E-state index contributed by atoms with van der Waals surface area (Å²) in [7, 11) is 0. The highest BCUT2D eigenvalue weighted by atomic mass is 79.9. The number of hydrogen-bond donors (Lipinski definition) is 0. The Bertz CT molecular complexity index is 321. The van der Waals surface area contributed by atoms with Gasteiger partial charge in [0.1, 0.15) is 0 Å². The first-order valence-electron chi connectivity index (χ1n) is 3.11. The maximum absolute atomic E-state index is 5.66. The Morgan fingerprint density at radius 3 is 3.08 bits per heavy atom. The fourth-order valence-corrected chi connectivity index (χ4v) is 1.37. The van der Waals surface area contributed by atoms with Crippen molar-refractivity contribution in [2.75, 3.05) is 6.61 Å². The van der Waals surface area contributed by atoms with E-state index < -0.39 is 0 Å². The molecule has 0 radical (unpaired) electrons. The lowest BCUT2D eigenvalue weighted by atomic mass is 10.5. The maximum Gasteiger partial charge on any atom is 0.229 e. The van der Waals surface area contributed by atoms with Crippen LogP contribution in [0.2, 0.25) is 5.02 Å². The number of aromatic nitrogens is 1. The van der Waals surface area contributed by atoms with E-state index in [0.29, 0.717) is 15.4 Å². The van der Waals surface area contributed by atoms with Crippen LogP contribution in [-0.4, -0.2) is 11.6 Å². The van der Waals surface area contributed by atoms with Crippen LogP contribution in [0.25, 0.3) is 0 Å². The van der Waals surface area contributed by atoms with E-state index in [-0.39, 0.29) is 6.61 Å². The molecular formula is C8H5BrClNO. The molecule has 0 amide bonds. The van der Waals surface area contributed by atoms with Crippen molar-refractivity contribution in [2.45, 2.75) is 0 Å². The van der Waals surface area contributed by atoms with Crippen molar-refractivity contribution in [2.24, 2.45) is 0 Å². The second kappa shape index (κ2) is 4.34. The van der Waals surface area contributed by atoms with E-state index in [1.165, 1.54) is 6.20 Å². The lowest BCUT2D eigenvalue weighted by Gasteiger charge is -2.02. The number of hydrogen-bond acceptors (Lipinski definition) is 2. The molecule has 2 nitrogen and oxygen atoms in total. The van der Waals surface area contributed by atoms with Gasteiger partial charge < -0.3 is 4.74 Å². The zero-order valence-corrected chi connectivity index (χ0v) is 8.39. The average Bonchev–Trinajstić information content (AvgIpc) is 2.03. The molecule has 1 aromatic rings. The van der Waals surface area contributed by atoms with Crippen molar-refractivity contribution < 1.29 is 4.74 Å². The Morgan fingerprint density at radius 1 is 1.75 bits per heavy atom. The lowest BCUT2D eigenvalue weighted by molar-refractivity contribution is 0.353. The predicted octanol–water partition coefficient (Wildman–Crippen LogP) is 2.51. The van der Waals surface area contributed by atoms with Gasteiger partial charge in [0.2, 0.25) is 5.88 Å². The van der Waals surface area contributed by atoms with Gasteiger partial charge in [-0.2, -0.15) is 0 Å². The topological polar surface area (TPSA) is 22.1 Å². The minimum atomic E-state index is 0.202. The second-order valence-electron chi connectivity index (χ2n) is 1.93. The molecule has 1 aromatic heterocycles. The summed E-state index contributed by atoms with van der Waals surface area (Å²) >= 11 is 8.90. The first-order valence-corrected chi connectivity index (χ1v) is 4.28. The number of ether oxygens (including phenoxy) is 1. The van der Waals surface area contributed by atoms with Crippen LogP contribution in [0.4, 0.5) is 0 Å². The van der Waals surface area contributed by atoms with Gasteiger partial charge >= 0.3 is 0 Å². The highest BCUT2D eigenvalue weighted by molar-refractivity contribution is 9.10. The van der Waals surface area contributed by atoms with Gasteiger partial charge in [0.05, 0.1) is 9.50 Å². The van der Waals surface area contributed by atoms with Crippen molar-refractivity contribution in [1.29, 1.82) is 0 Å². The van der Waals surface area contributed by atoms with Crippen LogP contribution in [-0.2, 0) is 0 Å². The van der Waals surface area contributed by atoms with Gasteiger partial charge in [0.25, 0.3) is 0 Å². The fourth-order valence-electron chi connectivity index (χ4n) is 0.618. The molecular weight excluding hydrogens is 241 g/mol. The van der Waals surface area contributed by atoms with E-state index in [9.17, 15) is 0 Å². The first kappa shape index (κ1) is 9.37. The minimum absolute atomic E-state index is 0.202. The molecule has 0 aromatic carbocycles. The summed E-state index contributed by atoms with van der Waals surface area (Å²) in [5.41, 5.74) is 0. The molecule has 62 valence electrons. The van der Waals surface area contributed by atoms with Gasteiger partial charge in [-0.25, -0.2) is 4.98 Å². The molecule has 0 aliphatic heterocycles. The third-order valence-electron chi connectivity index (χ3n) is 1.07. The molecule has 4 heteroatoms. The standard InChI is InChI=1S/C8H5BrClNO/c1-2-3-12-8-7(9)4-6(10)5-11-8/h1,4-5H,3H2. The Labute approximate surface area is 84.0 Å². The van der Waals surface area contributed by atoms with E-state index in [0.717, 1.165) is 0 Å². The summed E-state index contributed by atoms with van der Waals surface area (Å²) in [5.74, 6) is 2.80. The fraction of sp³-hybridized carbons (Fsp3) is 0.125. The van der Waals surface area contributed by atoms with E-state index in [2.05, 4.69) is 26.8 Å². The van der Waals surface area contributed by atoms with Gasteiger partial charge in [-0.05, 0) is 22.0 Å². The Morgan fingerprint density at radius 2 is 2.50 bits per heavy atom. The molecule has 0 N–H and O–H groups in total. The van der Waals surface area contributed by atoms with Crippen LogP contribution in [0, 0.1) is 12.3 Å². The molecule has 0 aliphatic carbocycles. The van der Waals surface area contributed by atoms with E-state index in [1.54, 1.807) is 6.07 Å². The van der Waals surface area contributed by atoms with Crippen LogP contribution < -0.4 is 4.74 Å². The van der Waals surface area contributed by atoms with E-state index in [4.69, 9.17) is 22.8 Å². The molecule has 0 spiro atoms. The number of pyridine rings is 1. The monoisotopic (exact) mass is 245 g/mol. The number of nitrogens with zero attached hydrogens (tertiary/aromatic N) is 1. The van der Waals surface area contributed by atoms with Gasteiger partial charge in [-0.3, -0.25) is 0 Å². The Hall–Kier alpha value is -0.720. The third-order valence-corrected chi connectivity index (χ3v) is 1.84. The molecule has 0 unspecified atom stereocenters. The molecule has 0 bridgehead atoms.